The number of nitrogens with one attached hydrogen (secondary N) is 1. The highest BCUT2D eigenvalue weighted by atomic mass is 35.5. The summed E-state index contributed by atoms with van der Waals surface area (Å²) in [5, 5.41) is 10.4. The number of amides is 1. The summed E-state index contributed by atoms with van der Waals surface area (Å²) in [6, 6.07) is 9.70. The van der Waals surface area contributed by atoms with Crippen molar-refractivity contribution < 1.29 is 54.2 Å². The fourth-order valence-corrected chi connectivity index (χ4v) is 3.74. The molecular weight excluding hydrogens is 609 g/mol. The minimum absolute atomic E-state index is 0.0176. The van der Waals surface area contributed by atoms with Gasteiger partial charge in [0, 0.05) is 23.3 Å². The van der Waals surface area contributed by atoms with Gasteiger partial charge < -0.3 is 10.4 Å². The van der Waals surface area contributed by atoms with E-state index in [-0.39, 0.29) is 11.1 Å². The van der Waals surface area contributed by atoms with Crippen molar-refractivity contribution in [3.8, 4) is 0 Å². The molecule has 16 heteroatoms. The Morgan fingerprint density at radius 3 is 1.98 bits per heavy atom. The number of carbonyl (C=O) groups is 2. The molecule has 0 bridgehead atoms. The van der Waals surface area contributed by atoms with Gasteiger partial charge in [0.1, 0.15) is 0 Å². The predicted octanol–water partition coefficient (Wildman–Crippen LogP) is 7.47. The van der Waals surface area contributed by atoms with E-state index in [1.54, 1.807) is 0 Å². The van der Waals surface area contributed by atoms with Crippen molar-refractivity contribution in [2.75, 3.05) is 0 Å². The second-order valence-electron chi connectivity index (χ2n) is 8.29. The molecule has 0 aliphatic rings. The van der Waals surface area contributed by atoms with Crippen molar-refractivity contribution in [1.82, 2.24) is 15.3 Å². The Bertz CT molecular complexity index is 1590. The zero-order chi connectivity index (χ0) is 31.5. The van der Waals surface area contributed by atoms with Crippen LogP contribution in [0.3, 0.4) is 0 Å². The van der Waals surface area contributed by atoms with Crippen LogP contribution in [0.25, 0.3) is 10.9 Å². The highest BCUT2D eigenvalue weighted by Gasteiger charge is 2.39. The highest BCUT2D eigenvalue weighted by molar-refractivity contribution is 6.35. The third-order valence-corrected chi connectivity index (χ3v) is 5.79. The molecule has 4 rings (SSSR count). The van der Waals surface area contributed by atoms with Gasteiger partial charge in [0.05, 0.1) is 33.4 Å². The van der Waals surface area contributed by atoms with E-state index in [9.17, 15) is 44.3 Å². The molecule has 0 fully saturated rings. The lowest BCUT2D eigenvalue weighted by molar-refractivity contribution is -0.192. The number of hydrogen-bond acceptors (Lipinski definition) is 4. The molecule has 0 aliphatic heterocycles. The van der Waals surface area contributed by atoms with Crippen LogP contribution < -0.4 is 5.32 Å². The predicted molar refractivity (Wildman–Crippen MR) is 130 cm³/mol. The van der Waals surface area contributed by atoms with E-state index in [0.29, 0.717) is 15.9 Å². The van der Waals surface area contributed by atoms with Crippen LogP contribution in [-0.4, -0.2) is 33.1 Å². The van der Waals surface area contributed by atoms with E-state index in [0.717, 1.165) is 42.6 Å². The average Bonchev–Trinajstić information content (AvgIpc) is 2.90. The Balaban J connectivity index is 0.000000616. The van der Waals surface area contributed by atoms with Crippen molar-refractivity contribution in [3.63, 3.8) is 0 Å². The van der Waals surface area contributed by atoms with Crippen LogP contribution in [-0.2, 0) is 17.1 Å². The Morgan fingerprint density at radius 2 is 1.43 bits per heavy atom. The molecule has 0 aliphatic carbocycles. The van der Waals surface area contributed by atoms with Crippen LogP contribution in [0.2, 0.25) is 5.02 Å². The van der Waals surface area contributed by atoms with E-state index in [4.69, 9.17) is 21.5 Å². The van der Waals surface area contributed by atoms with Crippen LogP contribution in [0.1, 0.15) is 38.8 Å². The topological polar surface area (TPSA) is 92.2 Å². The number of fused-ring (bicyclic) bond motifs is 1. The molecule has 2 N–H and O–H groups in total. The Morgan fingerprint density at radius 1 is 0.810 bits per heavy atom. The summed E-state index contributed by atoms with van der Waals surface area (Å²) in [4.78, 5) is 29.9. The van der Waals surface area contributed by atoms with Gasteiger partial charge in [0.25, 0.3) is 5.91 Å². The molecule has 222 valence electrons. The maximum Gasteiger partial charge on any atom is 0.490 e. The molecule has 6 nitrogen and oxygen atoms in total. The molecule has 4 aromatic rings. The SMILES string of the molecule is O=C(NC(c1ccc(C(F)(F)F)cc1)c1ncccc1C(F)(F)F)c1ccc2nccc(Cl)c2c1.O=C(O)C(F)(F)F. The van der Waals surface area contributed by atoms with E-state index in [1.165, 1.54) is 30.5 Å². The molecule has 2 aromatic carbocycles. The highest BCUT2D eigenvalue weighted by Crippen LogP contribution is 2.37. The molecule has 42 heavy (non-hydrogen) atoms. The summed E-state index contributed by atoms with van der Waals surface area (Å²) < 4.78 is 112. The first kappa shape index (κ1) is 32.1. The smallest absolute Gasteiger partial charge is 0.475 e. The van der Waals surface area contributed by atoms with Gasteiger partial charge in [-0.1, -0.05) is 23.7 Å². The van der Waals surface area contributed by atoms with Crippen LogP contribution in [0.4, 0.5) is 39.5 Å². The quantitative estimate of drug-likeness (QED) is 0.230. The first-order valence-electron chi connectivity index (χ1n) is 11.2. The summed E-state index contributed by atoms with van der Waals surface area (Å²) in [6.07, 6.45) is -12.0. The first-order chi connectivity index (χ1) is 19.4. The van der Waals surface area contributed by atoms with Crippen LogP contribution in [0.5, 0.6) is 0 Å². The number of carboxylic acids is 1. The summed E-state index contributed by atoms with van der Waals surface area (Å²) in [5.74, 6) is -3.54. The third-order valence-electron chi connectivity index (χ3n) is 5.46. The summed E-state index contributed by atoms with van der Waals surface area (Å²) in [5.41, 5.74) is -2.13. The average molecular weight is 624 g/mol. The second-order valence-corrected chi connectivity index (χ2v) is 8.70. The van der Waals surface area contributed by atoms with Crippen molar-refractivity contribution in [3.05, 3.63) is 106 Å². The number of halogens is 10. The zero-order valence-electron chi connectivity index (χ0n) is 20.4. The van der Waals surface area contributed by atoms with Gasteiger partial charge in [-0.25, -0.2) is 4.79 Å². The molecule has 2 aromatic heterocycles. The fraction of sp³-hybridized carbons (Fsp3) is 0.154. The van der Waals surface area contributed by atoms with Crippen LogP contribution >= 0.6 is 11.6 Å². The molecule has 1 atom stereocenters. The van der Waals surface area contributed by atoms with Crippen molar-refractivity contribution in [2.45, 2.75) is 24.6 Å². The number of carbonyl (C=O) groups excluding carboxylic acids is 1. The van der Waals surface area contributed by atoms with Crippen molar-refractivity contribution >= 4 is 34.4 Å². The fourth-order valence-electron chi connectivity index (χ4n) is 3.53. The molecule has 0 saturated carbocycles. The number of alkyl halides is 9. The Hall–Kier alpha value is -4.40. The lowest BCUT2D eigenvalue weighted by Gasteiger charge is -2.23. The van der Waals surface area contributed by atoms with Crippen molar-refractivity contribution in [2.24, 2.45) is 0 Å². The number of carboxylic acid groups (broad SMARTS) is 1. The summed E-state index contributed by atoms with van der Waals surface area (Å²) >= 11 is 6.16. The van der Waals surface area contributed by atoms with Gasteiger partial charge in [0.15, 0.2) is 0 Å². The van der Waals surface area contributed by atoms with E-state index in [1.807, 2.05) is 0 Å². The normalized spacial score (nSPS) is 12.7. The molecule has 0 saturated heterocycles. The number of nitrogens with zero attached hydrogens (tertiary/aromatic N) is 2. The summed E-state index contributed by atoms with van der Waals surface area (Å²) in [7, 11) is 0. The number of rotatable bonds is 4. The van der Waals surface area contributed by atoms with Crippen LogP contribution in [0, 0.1) is 0 Å². The van der Waals surface area contributed by atoms with Gasteiger partial charge >= 0.3 is 24.5 Å². The number of pyridine rings is 2. The molecule has 1 unspecified atom stereocenters. The monoisotopic (exact) mass is 623 g/mol. The van der Waals surface area contributed by atoms with Gasteiger partial charge in [-0.05, 0) is 54.1 Å². The van der Waals surface area contributed by atoms with Crippen molar-refractivity contribution in [1.29, 1.82) is 0 Å². The number of benzene rings is 2. The van der Waals surface area contributed by atoms with Gasteiger partial charge in [-0.15, -0.1) is 0 Å². The first-order valence-corrected chi connectivity index (χ1v) is 11.6. The standard InChI is InChI=1S/C24H14ClF6N3O.C2HF3O2/c25-18-9-11-32-19-8-5-14(12-16(18)19)22(35)34-20(13-3-6-15(7-4-13)23(26,27)28)21-17(24(29,30)31)2-1-10-33-21;3-2(4,5)1(6)7/h1-12,20H,(H,34,35);(H,6,7). The Labute approximate surface area is 234 Å². The second kappa shape index (κ2) is 12.2. The minimum atomic E-state index is -5.08. The molecule has 0 radical (unpaired) electrons. The van der Waals surface area contributed by atoms with Gasteiger partial charge in [0.2, 0.25) is 0 Å². The lowest BCUT2D eigenvalue weighted by Crippen LogP contribution is -2.31. The Kier molecular flexibility index (Phi) is 9.35. The summed E-state index contributed by atoms with van der Waals surface area (Å²) in [6.45, 7) is 0. The molecule has 1 amide bonds. The lowest BCUT2D eigenvalue weighted by atomic mass is 9.97. The number of aromatic nitrogens is 2. The van der Waals surface area contributed by atoms with Gasteiger partial charge in [-0.3, -0.25) is 14.8 Å². The van der Waals surface area contributed by atoms with E-state index >= 15 is 0 Å². The third kappa shape index (κ3) is 7.87. The minimum Gasteiger partial charge on any atom is -0.475 e. The van der Waals surface area contributed by atoms with Crippen LogP contribution in [0.15, 0.2) is 73.1 Å². The number of aliphatic carboxylic acids is 1. The molecular formula is C26H15ClF9N3O3. The zero-order valence-corrected chi connectivity index (χ0v) is 21.2. The van der Waals surface area contributed by atoms with Gasteiger partial charge in [-0.2, -0.15) is 39.5 Å². The number of hydrogen-bond donors (Lipinski definition) is 2. The molecule has 0 spiro atoms. The maximum absolute atomic E-state index is 13.7. The van der Waals surface area contributed by atoms with E-state index in [2.05, 4.69) is 15.3 Å². The largest absolute Gasteiger partial charge is 0.490 e. The van der Waals surface area contributed by atoms with E-state index < -0.39 is 53.3 Å². The maximum atomic E-state index is 13.7. The molecule has 2 heterocycles.